The first-order valence-corrected chi connectivity index (χ1v) is 5.26. The van der Waals surface area contributed by atoms with Crippen LogP contribution in [0.1, 0.15) is 38.2 Å². The van der Waals surface area contributed by atoms with Crippen LogP contribution in [0.3, 0.4) is 0 Å². The molecule has 74 valence electrons. The van der Waals surface area contributed by atoms with Gasteiger partial charge in [0.15, 0.2) is 0 Å². The van der Waals surface area contributed by atoms with E-state index in [1.807, 2.05) is 18.2 Å². The molecule has 1 aromatic carbocycles. The number of carbonyl (C=O) groups is 1. The summed E-state index contributed by atoms with van der Waals surface area (Å²) in [7, 11) is 0. The first-order valence-electron chi connectivity index (χ1n) is 5.26. The zero-order valence-corrected chi connectivity index (χ0v) is 8.79. The summed E-state index contributed by atoms with van der Waals surface area (Å²) in [6.07, 6.45) is 2.02. The molecule has 1 fully saturated rings. The van der Waals surface area contributed by atoms with E-state index in [0.717, 1.165) is 12.8 Å². The minimum absolute atomic E-state index is 0.0264. The molecule has 0 N–H and O–H groups in total. The van der Waals surface area contributed by atoms with Crippen molar-refractivity contribution in [2.75, 3.05) is 0 Å². The molecule has 1 aromatic rings. The largest absolute Gasteiger partial charge is 0.299 e. The van der Waals surface area contributed by atoms with E-state index in [0.29, 0.717) is 11.7 Å². The molecule has 1 saturated carbocycles. The molecule has 0 bridgehead atoms. The molecular formula is C13H16O. The Morgan fingerprint density at radius 1 is 1.43 bits per heavy atom. The van der Waals surface area contributed by atoms with Crippen LogP contribution in [0, 0.1) is 5.41 Å². The molecule has 0 amide bonds. The number of rotatable bonds is 3. The van der Waals surface area contributed by atoms with E-state index in [2.05, 4.69) is 19.1 Å². The predicted molar refractivity (Wildman–Crippen MR) is 57.2 cm³/mol. The summed E-state index contributed by atoms with van der Waals surface area (Å²) in [6, 6.07) is 10.4. The van der Waals surface area contributed by atoms with Crippen LogP contribution in [-0.4, -0.2) is 5.78 Å². The summed E-state index contributed by atoms with van der Waals surface area (Å²) in [5, 5.41) is 0. The molecule has 14 heavy (non-hydrogen) atoms. The Morgan fingerprint density at radius 2 is 2.07 bits per heavy atom. The number of benzene rings is 1. The number of carbonyl (C=O) groups excluding carboxylic acids is 1. The molecule has 0 saturated heterocycles. The van der Waals surface area contributed by atoms with Crippen LogP contribution in [0.5, 0.6) is 0 Å². The predicted octanol–water partition coefficient (Wildman–Crippen LogP) is 3.16. The zero-order chi connectivity index (χ0) is 10.2. The summed E-state index contributed by atoms with van der Waals surface area (Å²) < 4.78 is 0. The van der Waals surface area contributed by atoms with Gasteiger partial charge in [-0.15, -0.1) is 0 Å². The second-order valence-corrected chi connectivity index (χ2v) is 4.23. The number of hydrogen-bond donors (Lipinski definition) is 0. The maximum Gasteiger partial charge on any atom is 0.136 e. The Balaban J connectivity index is 2.22. The molecule has 0 aliphatic heterocycles. The minimum atomic E-state index is -0.0264. The highest BCUT2D eigenvalue weighted by molar-refractivity contribution is 5.87. The van der Waals surface area contributed by atoms with E-state index in [9.17, 15) is 4.79 Å². The monoisotopic (exact) mass is 188 g/mol. The molecule has 1 aliphatic carbocycles. The number of Topliss-reactive ketones (excluding diaryl/α,β-unsaturated/α-hetero) is 1. The molecule has 1 heteroatoms. The SMILES string of the molecule is CCC1(C(C)=O)C[C@@H]1c1ccccc1. The van der Waals surface area contributed by atoms with Crippen LogP contribution in [0.15, 0.2) is 30.3 Å². The van der Waals surface area contributed by atoms with Crippen LogP contribution in [0.4, 0.5) is 0 Å². The van der Waals surface area contributed by atoms with Crippen molar-refractivity contribution in [1.82, 2.24) is 0 Å². The summed E-state index contributed by atoms with van der Waals surface area (Å²) in [5.41, 5.74) is 1.30. The van der Waals surface area contributed by atoms with Gasteiger partial charge < -0.3 is 0 Å². The second-order valence-electron chi connectivity index (χ2n) is 4.23. The van der Waals surface area contributed by atoms with Gasteiger partial charge in [-0.3, -0.25) is 4.79 Å². The van der Waals surface area contributed by atoms with Crippen LogP contribution in [-0.2, 0) is 4.79 Å². The number of hydrogen-bond acceptors (Lipinski definition) is 1. The topological polar surface area (TPSA) is 17.1 Å². The van der Waals surface area contributed by atoms with Gasteiger partial charge in [0.2, 0.25) is 0 Å². The van der Waals surface area contributed by atoms with E-state index < -0.39 is 0 Å². The summed E-state index contributed by atoms with van der Waals surface area (Å²) >= 11 is 0. The van der Waals surface area contributed by atoms with E-state index >= 15 is 0 Å². The molecule has 1 unspecified atom stereocenters. The lowest BCUT2D eigenvalue weighted by atomic mass is 9.92. The normalized spacial score (nSPS) is 30.0. The van der Waals surface area contributed by atoms with Crippen molar-refractivity contribution < 1.29 is 4.79 Å². The van der Waals surface area contributed by atoms with E-state index in [1.54, 1.807) is 6.92 Å². The minimum Gasteiger partial charge on any atom is -0.299 e. The van der Waals surface area contributed by atoms with Gasteiger partial charge >= 0.3 is 0 Å². The fraction of sp³-hybridized carbons (Fsp3) is 0.462. The third-order valence-electron chi connectivity index (χ3n) is 3.61. The first kappa shape index (κ1) is 9.45. The van der Waals surface area contributed by atoms with Gasteiger partial charge in [0.05, 0.1) is 0 Å². The first-order chi connectivity index (χ1) is 6.70. The van der Waals surface area contributed by atoms with Crippen LogP contribution in [0.2, 0.25) is 0 Å². The van der Waals surface area contributed by atoms with Gasteiger partial charge in [-0.1, -0.05) is 37.3 Å². The Hall–Kier alpha value is -1.11. The lowest BCUT2D eigenvalue weighted by molar-refractivity contribution is -0.122. The summed E-state index contributed by atoms with van der Waals surface area (Å²) in [4.78, 5) is 11.5. The van der Waals surface area contributed by atoms with Gasteiger partial charge in [0.1, 0.15) is 5.78 Å². The van der Waals surface area contributed by atoms with Crippen LogP contribution < -0.4 is 0 Å². The van der Waals surface area contributed by atoms with Crippen molar-refractivity contribution in [1.29, 1.82) is 0 Å². The summed E-state index contributed by atoms with van der Waals surface area (Å²) in [5.74, 6) is 0.833. The average Bonchev–Trinajstić information content (AvgIpc) is 2.95. The van der Waals surface area contributed by atoms with Crippen molar-refractivity contribution >= 4 is 5.78 Å². The van der Waals surface area contributed by atoms with Gasteiger partial charge in [0.25, 0.3) is 0 Å². The zero-order valence-electron chi connectivity index (χ0n) is 8.79. The lowest BCUT2D eigenvalue weighted by Crippen LogP contribution is -2.12. The van der Waals surface area contributed by atoms with Crippen LogP contribution >= 0.6 is 0 Å². The maximum atomic E-state index is 11.5. The third-order valence-corrected chi connectivity index (χ3v) is 3.61. The molecule has 1 nitrogen and oxygen atoms in total. The van der Waals surface area contributed by atoms with Crippen molar-refractivity contribution in [3.8, 4) is 0 Å². The fourth-order valence-electron chi connectivity index (χ4n) is 2.46. The lowest BCUT2D eigenvalue weighted by Gasteiger charge is -2.10. The van der Waals surface area contributed by atoms with Crippen molar-refractivity contribution in [3.05, 3.63) is 35.9 Å². The quantitative estimate of drug-likeness (QED) is 0.712. The molecular weight excluding hydrogens is 172 g/mol. The van der Waals surface area contributed by atoms with Gasteiger partial charge in [-0.2, -0.15) is 0 Å². The smallest absolute Gasteiger partial charge is 0.136 e. The Labute approximate surface area is 85.1 Å². The second kappa shape index (κ2) is 3.23. The molecule has 0 heterocycles. The Kier molecular flexibility index (Phi) is 2.18. The molecule has 2 rings (SSSR count). The average molecular weight is 188 g/mol. The molecule has 0 radical (unpaired) electrons. The van der Waals surface area contributed by atoms with E-state index in [4.69, 9.17) is 0 Å². The maximum absolute atomic E-state index is 11.5. The van der Waals surface area contributed by atoms with E-state index in [-0.39, 0.29) is 5.41 Å². The van der Waals surface area contributed by atoms with E-state index in [1.165, 1.54) is 5.56 Å². The van der Waals surface area contributed by atoms with Crippen molar-refractivity contribution in [2.24, 2.45) is 5.41 Å². The number of ketones is 1. The highest BCUT2D eigenvalue weighted by atomic mass is 16.1. The highest BCUT2D eigenvalue weighted by Gasteiger charge is 2.56. The molecule has 0 spiro atoms. The Bertz CT molecular complexity index is 342. The van der Waals surface area contributed by atoms with Crippen LogP contribution in [0.25, 0.3) is 0 Å². The van der Waals surface area contributed by atoms with Crippen molar-refractivity contribution in [2.45, 2.75) is 32.6 Å². The van der Waals surface area contributed by atoms with Gasteiger partial charge in [0, 0.05) is 5.41 Å². The van der Waals surface area contributed by atoms with Gasteiger partial charge in [-0.05, 0) is 31.2 Å². The third kappa shape index (κ3) is 1.28. The Morgan fingerprint density at radius 3 is 2.50 bits per heavy atom. The highest BCUT2D eigenvalue weighted by Crippen LogP contribution is 2.61. The van der Waals surface area contributed by atoms with Gasteiger partial charge in [-0.25, -0.2) is 0 Å². The molecule has 1 aliphatic rings. The fourth-order valence-corrected chi connectivity index (χ4v) is 2.46. The summed E-state index contributed by atoms with van der Waals surface area (Å²) in [6.45, 7) is 3.84. The molecule has 0 aromatic heterocycles. The standard InChI is InChI=1S/C13H16O/c1-3-13(10(2)14)9-12(13)11-7-5-4-6-8-11/h4-8,12H,3,9H2,1-2H3/t12-,13?/m1/s1. The van der Waals surface area contributed by atoms with Crippen molar-refractivity contribution in [3.63, 3.8) is 0 Å². The molecule has 2 atom stereocenters.